The molecule has 1 atom stereocenters. The standard InChI is InChI=1S/C11H14F2N2O2S/c12-9-4-1-5-10(13)11(9)18(16,17)15-7-8-3-2-6-14-8/h1,4-5,8,14-15H,2-3,6-7H2. The zero-order chi connectivity index (χ0) is 13.2. The molecule has 1 aliphatic rings. The summed E-state index contributed by atoms with van der Waals surface area (Å²) < 4.78 is 52.6. The van der Waals surface area contributed by atoms with Gasteiger partial charge in [-0.2, -0.15) is 0 Å². The monoisotopic (exact) mass is 276 g/mol. The molecule has 0 radical (unpaired) electrons. The van der Waals surface area contributed by atoms with E-state index in [1.165, 1.54) is 0 Å². The van der Waals surface area contributed by atoms with Crippen molar-refractivity contribution in [1.82, 2.24) is 10.0 Å². The van der Waals surface area contributed by atoms with Crippen LogP contribution in [0.2, 0.25) is 0 Å². The molecular formula is C11H14F2N2O2S. The lowest BCUT2D eigenvalue weighted by Crippen LogP contribution is -2.37. The third-order valence-corrected chi connectivity index (χ3v) is 4.34. The van der Waals surface area contributed by atoms with Gasteiger partial charge in [0.1, 0.15) is 11.6 Å². The minimum atomic E-state index is -4.15. The fourth-order valence-corrected chi connectivity index (χ4v) is 3.17. The fraction of sp³-hybridized carbons (Fsp3) is 0.455. The molecule has 1 aromatic rings. The van der Waals surface area contributed by atoms with E-state index in [9.17, 15) is 17.2 Å². The van der Waals surface area contributed by atoms with Crippen molar-refractivity contribution in [1.29, 1.82) is 0 Å². The third kappa shape index (κ3) is 2.85. The van der Waals surface area contributed by atoms with E-state index in [0.717, 1.165) is 37.6 Å². The molecule has 0 aliphatic carbocycles. The quantitative estimate of drug-likeness (QED) is 0.862. The molecule has 1 unspecified atom stereocenters. The maximum atomic E-state index is 13.4. The zero-order valence-electron chi connectivity index (χ0n) is 9.62. The minimum Gasteiger partial charge on any atom is -0.313 e. The molecule has 0 spiro atoms. The highest BCUT2D eigenvalue weighted by molar-refractivity contribution is 7.89. The van der Waals surface area contributed by atoms with E-state index >= 15 is 0 Å². The molecule has 2 N–H and O–H groups in total. The van der Waals surface area contributed by atoms with Crippen LogP contribution in [0.25, 0.3) is 0 Å². The number of benzene rings is 1. The molecule has 0 aromatic heterocycles. The molecular weight excluding hydrogens is 262 g/mol. The van der Waals surface area contributed by atoms with Gasteiger partial charge >= 0.3 is 0 Å². The van der Waals surface area contributed by atoms with E-state index in [1.54, 1.807) is 0 Å². The Balaban J connectivity index is 2.15. The summed E-state index contributed by atoms with van der Waals surface area (Å²) in [6.07, 6.45) is 1.82. The van der Waals surface area contributed by atoms with Crippen LogP contribution in [-0.4, -0.2) is 27.5 Å². The van der Waals surface area contributed by atoms with Crippen molar-refractivity contribution in [3.63, 3.8) is 0 Å². The van der Waals surface area contributed by atoms with Crippen LogP contribution in [0.3, 0.4) is 0 Å². The van der Waals surface area contributed by atoms with Crippen LogP contribution < -0.4 is 10.0 Å². The summed E-state index contributed by atoms with van der Waals surface area (Å²) in [5.74, 6) is -2.16. The highest BCUT2D eigenvalue weighted by Crippen LogP contribution is 2.18. The lowest BCUT2D eigenvalue weighted by atomic mass is 10.2. The minimum absolute atomic E-state index is 0.0228. The summed E-state index contributed by atoms with van der Waals surface area (Å²) >= 11 is 0. The maximum absolute atomic E-state index is 13.4. The number of halogens is 2. The van der Waals surface area contributed by atoms with Gasteiger partial charge in [-0.25, -0.2) is 21.9 Å². The first kappa shape index (κ1) is 13.4. The van der Waals surface area contributed by atoms with Gasteiger partial charge in [-0.15, -0.1) is 0 Å². The van der Waals surface area contributed by atoms with Crippen LogP contribution in [0.4, 0.5) is 8.78 Å². The fourth-order valence-electron chi connectivity index (χ4n) is 1.95. The van der Waals surface area contributed by atoms with E-state index in [0.29, 0.717) is 0 Å². The Bertz CT molecular complexity index is 508. The first-order chi connectivity index (χ1) is 8.50. The Morgan fingerprint density at radius 3 is 2.56 bits per heavy atom. The number of sulfonamides is 1. The second-order valence-corrected chi connectivity index (χ2v) is 5.90. The molecule has 1 heterocycles. The van der Waals surface area contributed by atoms with Crippen LogP contribution in [-0.2, 0) is 10.0 Å². The van der Waals surface area contributed by atoms with E-state index in [4.69, 9.17) is 0 Å². The van der Waals surface area contributed by atoms with Crippen molar-refractivity contribution >= 4 is 10.0 Å². The van der Waals surface area contributed by atoms with Crippen molar-refractivity contribution in [2.45, 2.75) is 23.8 Å². The Kier molecular flexibility index (Phi) is 3.94. The second kappa shape index (κ2) is 5.29. The highest BCUT2D eigenvalue weighted by atomic mass is 32.2. The lowest BCUT2D eigenvalue weighted by Gasteiger charge is -2.12. The zero-order valence-corrected chi connectivity index (χ0v) is 10.4. The Morgan fingerprint density at radius 2 is 2.00 bits per heavy atom. The summed E-state index contributed by atoms with van der Waals surface area (Å²) in [6, 6.07) is 2.99. The molecule has 0 saturated carbocycles. The summed E-state index contributed by atoms with van der Waals surface area (Å²) in [6.45, 7) is 0.969. The van der Waals surface area contributed by atoms with Crippen molar-refractivity contribution in [2.75, 3.05) is 13.1 Å². The maximum Gasteiger partial charge on any atom is 0.246 e. The van der Waals surface area contributed by atoms with E-state index in [2.05, 4.69) is 10.0 Å². The normalized spacial score (nSPS) is 20.2. The molecule has 1 fully saturated rings. The molecule has 0 bridgehead atoms. The Hall–Kier alpha value is -1.05. The Labute approximate surface area is 104 Å². The molecule has 18 heavy (non-hydrogen) atoms. The summed E-state index contributed by atoms with van der Waals surface area (Å²) in [5.41, 5.74) is 0. The summed E-state index contributed by atoms with van der Waals surface area (Å²) in [4.78, 5) is -0.914. The first-order valence-electron chi connectivity index (χ1n) is 5.68. The van der Waals surface area contributed by atoms with Crippen LogP contribution in [0.1, 0.15) is 12.8 Å². The number of hydrogen-bond donors (Lipinski definition) is 2. The summed E-state index contributed by atoms with van der Waals surface area (Å²) in [7, 11) is -4.15. The lowest BCUT2D eigenvalue weighted by molar-refractivity contribution is 0.507. The number of nitrogens with one attached hydrogen (secondary N) is 2. The third-order valence-electron chi connectivity index (χ3n) is 2.87. The van der Waals surface area contributed by atoms with Gasteiger partial charge in [0.2, 0.25) is 10.0 Å². The molecule has 7 heteroatoms. The molecule has 1 saturated heterocycles. The van der Waals surface area contributed by atoms with E-state index < -0.39 is 26.6 Å². The van der Waals surface area contributed by atoms with Crippen LogP contribution in [0.15, 0.2) is 23.1 Å². The largest absolute Gasteiger partial charge is 0.313 e. The first-order valence-corrected chi connectivity index (χ1v) is 7.16. The smallest absolute Gasteiger partial charge is 0.246 e. The van der Waals surface area contributed by atoms with E-state index in [1.807, 2.05) is 0 Å². The van der Waals surface area contributed by atoms with Gasteiger partial charge in [0.15, 0.2) is 4.90 Å². The van der Waals surface area contributed by atoms with Gasteiger partial charge in [-0.1, -0.05) is 6.07 Å². The van der Waals surface area contributed by atoms with Crippen molar-refractivity contribution in [2.24, 2.45) is 0 Å². The van der Waals surface area contributed by atoms with Crippen molar-refractivity contribution in [3.05, 3.63) is 29.8 Å². The van der Waals surface area contributed by atoms with Gasteiger partial charge in [-0.05, 0) is 31.5 Å². The molecule has 4 nitrogen and oxygen atoms in total. The molecule has 1 aliphatic heterocycles. The van der Waals surface area contributed by atoms with Crippen molar-refractivity contribution < 1.29 is 17.2 Å². The summed E-state index contributed by atoms with van der Waals surface area (Å²) in [5, 5.41) is 3.10. The second-order valence-electron chi connectivity index (χ2n) is 4.20. The van der Waals surface area contributed by atoms with Gasteiger partial charge < -0.3 is 5.32 Å². The van der Waals surface area contributed by atoms with Gasteiger partial charge in [0.25, 0.3) is 0 Å². The molecule has 1 aromatic carbocycles. The van der Waals surface area contributed by atoms with Gasteiger partial charge in [0, 0.05) is 12.6 Å². The van der Waals surface area contributed by atoms with E-state index in [-0.39, 0.29) is 12.6 Å². The SMILES string of the molecule is O=S(=O)(NCC1CCCN1)c1c(F)cccc1F. The van der Waals surface area contributed by atoms with Crippen molar-refractivity contribution in [3.8, 4) is 0 Å². The van der Waals surface area contributed by atoms with Crippen LogP contribution in [0.5, 0.6) is 0 Å². The molecule has 0 amide bonds. The van der Waals surface area contributed by atoms with Gasteiger partial charge in [-0.3, -0.25) is 0 Å². The molecule has 2 rings (SSSR count). The average molecular weight is 276 g/mol. The van der Waals surface area contributed by atoms with Gasteiger partial charge in [0.05, 0.1) is 0 Å². The number of rotatable bonds is 4. The number of hydrogen-bond acceptors (Lipinski definition) is 3. The topological polar surface area (TPSA) is 58.2 Å². The molecule has 100 valence electrons. The van der Waals surface area contributed by atoms with Crippen LogP contribution >= 0.6 is 0 Å². The van der Waals surface area contributed by atoms with Crippen LogP contribution in [0, 0.1) is 11.6 Å². The predicted octanol–water partition coefficient (Wildman–Crippen LogP) is 0.995. The highest BCUT2D eigenvalue weighted by Gasteiger charge is 2.25. The predicted molar refractivity (Wildman–Crippen MR) is 62.6 cm³/mol. The Morgan fingerprint density at radius 1 is 1.33 bits per heavy atom. The average Bonchev–Trinajstić information content (AvgIpc) is 2.78.